The number of nitrogens with one attached hydrogen (secondary N) is 1. The maximum Gasteiger partial charge on any atom is 0.267 e. The van der Waals surface area contributed by atoms with E-state index in [0.29, 0.717) is 23.2 Å². The zero-order valence-electron chi connectivity index (χ0n) is 14.8. The topological polar surface area (TPSA) is 73.3 Å². The molecule has 0 unspecified atom stereocenters. The van der Waals surface area contributed by atoms with Gasteiger partial charge in [0.15, 0.2) is 10.4 Å². The third-order valence-electron chi connectivity index (χ3n) is 3.18. The number of nitrogens with zero attached hydrogens (tertiary/aromatic N) is 2. The Morgan fingerprint density at radius 3 is 2.52 bits per heavy atom. The van der Waals surface area contributed by atoms with Crippen LogP contribution in [0.5, 0.6) is 11.5 Å². The molecule has 136 valence electrons. The third kappa shape index (κ3) is 6.21. The quantitative estimate of drug-likeness (QED) is 0.521. The molecule has 1 N–H and O–H groups in total. The summed E-state index contributed by atoms with van der Waals surface area (Å²) in [4.78, 5) is 12.4. The van der Waals surface area contributed by atoms with Crippen LogP contribution in [0.2, 0.25) is 0 Å². The Hall–Kier alpha value is -1.80. The van der Waals surface area contributed by atoms with Crippen LogP contribution in [0.1, 0.15) is 27.2 Å². The van der Waals surface area contributed by atoms with E-state index in [4.69, 9.17) is 9.47 Å². The number of rotatable bonds is 9. The highest BCUT2D eigenvalue weighted by Crippen LogP contribution is 2.27. The maximum atomic E-state index is 12.4. The summed E-state index contributed by atoms with van der Waals surface area (Å²) < 4.78 is 11.7. The van der Waals surface area contributed by atoms with Crippen LogP contribution < -0.4 is 14.8 Å². The van der Waals surface area contributed by atoms with Gasteiger partial charge in [0.05, 0.1) is 7.11 Å². The van der Waals surface area contributed by atoms with Gasteiger partial charge in [-0.25, -0.2) is 0 Å². The molecule has 1 heterocycles. The fraction of sp³-hybridized carbons (Fsp3) is 0.471. The molecule has 2 aromatic rings. The number of carbonyl (C=O) groups excluding carboxylic acids is 1. The second-order valence-corrected chi connectivity index (χ2v) is 8.00. The summed E-state index contributed by atoms with van der Waals surface area (Å²) in [7, 11) is 1.61. The van der Waals surface area contributed by atoms with E-state index in [1.54, 1.807) is 43.1 Å². The van der Waals surface area contributed by atoms with Gasteiger partial charge in [-0.15, -0.1) is 10.2 Å². The number of anilines is 1. The zero-order chi connectivity index (χ0) is 18.2. The molecule has 0 saturated carbocycles. The van der Waals surface area contributed by atoms with Gasteiger partial charge in [-0.2, -0.15) is 0 Å². The monoisotopic (exact) mass is 381 g/mol. The average Bonchev–Trinajstić information content (AvgIpc) is 3.05. The van der Waals surface area contributed by atoms with Crippen LogP contribution >= 0.6 is 23.1 Å². The van der Waals surface area contributed by atoms with Gasteiger partial charge in [-0.3, -0.25) is 10.1 Å². The van der Waals surface area contributed by atoms with Crippen LogP contribution in [0.15, 0.2) is 28.6 Å². The Morgan fingerprint density at radius 2 is 1.92 bits per heavy atom. The second kappa shape index (κ2) is 9.62. The Bertz CT molecular complexity index is 674. The summed E-state index contributed by atoms with van der Waals surface area (Å²) in [6, 6.07) is 7.15. The summed E-state index contributed by atoms with van der Waals surface area (Å²) in [5.74, 6) is 2.68. The first-order valence-electron chi connectivity index (χ1n) is 8.09. The Kier molecular flexibility index (Phi) is 7.52. The first-order chi connectivity index (χ1) is 12.0. The number of thioether (sulfide) groups is 1. The smallest absolute Gasteiger partial charge is 0.267 e. The van der Waals surface area contributed by atoms with Gasteiger partial charge < -0.3 is 9.47 Å². The van der Waals surface area contributed by atoms with Crippen molar-refractivity contribution in [3.05, 3.63) is 24.3 Å². The van der Waals surface area contributed by atoms with Crippen molar-refractivity contribution in [1.29, 1.82) is 0 Å². The third-order valence-corrected chi connectivity index (χ3v) is 5.58. The van der Waals surface area contributed by atoms with Crippen molar-refractivity contribution in [2.75, 3.05) is 18.2 Å². The summed E-state index contributed by atoms with van der Waals surface area (Å²) >= 11 is 3.03. The molecule has 8 heteroatoms. The first-order valence-corrected chi connectivity index (χ1v) is 9.90. The largest absolute Gasteiger partial charge is 0.497 e. The molecule has 0 radical (unpaired) electrons. The normalized spacial score (nSPS) is 12.0. The number of amides is 1. The molecular weight excluding hydrogens is 358 g/mol. The lowest BCUT2D eigenvalue weighted by Crippen LogP contribution is -2.32. The molecule has 6 nitrogen and oxygen atoms in total. The molecule has 0 aliphatic rings. The van der Waals surface area contributed by atoms with Gasteiger partial charge in [0, 0.05) is 5.75 Å². The van der Waals surface area contributed by atoms with Crippen molar-refractivity contribution in [2.24, 2.45) is 5.92 Å². The van der Waals surface area contributed by atoms with E-state index in [2.05, 4.69) is 29.4 Å². The number of hydrogen-bond acceptors (Lipinski definition) is 7. The minimum Gasteiger partial charge on any atom is -0.497 e. The van der Waals surface area contributed by atoms with Crippen LogP contribution in [0, 0.1) is 5.92 Å². The Balaban J connectivity index is 1.92. The van der Waals surface area contributed by atoms with Crippen LogP contribution in [-0.4, -0.2) is 35.1 Å². The SMILES string of the molecule is CC[C@@H](Oc1ccc(OC)cc1)C(=O)Nc1nnc(SCC(C)C)s1. The number of methoxy groups -OCH3 is 1. The molecule has 0 aliphatic heterocycles. The molecule has 0 saturated heterocycles. The van der Waals surface area contributed by atoms with E-state index in [9.17, 15) is 4.79 Å². The number of carbonyl (C=O) groups is 1. The molecule has 1 amide bonds. The van der Waals surface area contributed by atoms with E-state index in [1.807, 2.05) is 6.92 Å². The van der Waals surface area contributed by atoms with Crippen molar-refractivity contribution in [3.63, 3.8) is 0 Å². The lowest BCUT2D eigenvalue weighted by molar-refractivity contribution is -0.122. The fourth-order valence-electron chi connectivity index (χ4n) is 1.88. The predicted octanol–water partition coefficient (Wildman–Crippen LogP) is 4.09. The van der Waals surface area contributed by atoms with E-state index < -0.39 is 6.10 Å². The van der Waals surface area contributed by atoms with E-state index in [-0.39, 0.29) is 5.91 Å². The predicted molar refractivity (Wildman–Crippen MR) is 102 cm³/mol. The Labute approximate surface area is 156 Å². The van der Waals surface area contributed by atoms with Crippen LogP contribution in [0.25, 0.3) is 0 Å². The van der Waals surface area contributed by atoms with Gasteiger partial charge in [-0.05, 0) is 36.6 Å². The number of benzene rings is 1. The van der Waals surface area contributed by atoms with Crippen molar-refractivity contribution >= 4 is 34.1 Å². The summed E-state index contributed by atoms with van der Waals surface area (Å²) in [6.45, 7) is 6.20. The first kappa shape index (κ1) is 19.5. The highest BCUT2D eigenvalue weighted by molar-refractivity contribution is 8.01. The molecule has 1 aromatic heterocycles. The van der Waals surface area contributed by atoms with Crippen LogP contribution in [-0.2, 0) is 4.79 Å². The summed E-state index contributed by atoms with van der Waals surface area (Å²) in [5, 5.41) is 11.4. The van der Waals surface area contributed by atoms with E-state index >= 15 is 0 Å². The molecular formula is C17H23N3O3S2. The van der Waals surface area contributed by atoms with Gasteiger partial charge in [-0.1, -0.05) is 43.9 Å². The minimum atomic E-state index is -0.593. The van der Waals surface area contributed by atoms with Gasteiger partial charge in [0.2, 0.25) is 5.13 Å². The second-order valence-electron chi connectivity index (χ2n) is 5.76. The van der Waals surface area contributed by atoms with Gasteiger partial charge in [0.25, 0.3) is 5.91 Å². The molecule has 1 aromatic carbocycles. The lowest BCUT2D eigenvalue weighted by Gasteiger charge is -2.16. The molecule has 0 spiro atoms. The molecule has 2 rings (SSSR count). The summed E-state index contributed by atoms with van der Waals surface area (Å²) in [5.41, 5.74) is 0. The number of ether oxygens (including phenoxy) is 2. The summed E-state index contributed by atoms with van der Waals surface area (Å²) in [6.07, 6.45) is -0.0462. The lowest BCUT2D eigenvalue weighted by atomic mass is 10.2. The van der Waals surface area contributed by atoms with Crippen molar-refractivity contribution in [2.45, 2.75) is 37.6 Å². The molecule has 25 heavy (non-hydrogen) atoms. The standard InChI is InChI=1S/C17H23N3O3S2/c1-5-14(23-13-8-6-12(22-4)7-9-13)15(21)18-16-19-20-17(25-16)24-10-11(2)3/h6-9,11,14H,5,10H2,1-4H3,(H,18,19,21)/t14-/m1/s1. The van der Waals surface area contributed by atoms with Gasteiger partial charge in [0.1, 0.15) is 11.5 Å². The van der Waals surface area contributed by atoms with Crippen molar-refractivity contribution in [1.82, 2.24) is 10.2 Å². The van der Waals surface area contributed by atoms with Crippen molar-refractivity contribution < 1.29 is 14.3 Å². The molecule has 1 atom stereocenters. The van der Waals surface area contributed by atoms with Crippen molar-refractivity contribution in [3.8, 4) is 11.5 Å². The highest BCUT2D eigenvalue weighted by Gasteiger charge is 2.20. The fourth-order valence-corrected chi connectivity index (χ4v) is 3.61. The average molecular weight is 382 g/mol. The molecule has 0 aliphatic carbocycles. The number of hydrogen-bond donors (Lipinski definition) is 1. The highest BCUT2D eigenvalue weighted by atomic mass is 32.2. The van der Waals surface area contributed by atoms with Crippen LogP contribution in [0.3, 0.4) is 0 Å². The molecule has 0 fully saturated rings. The Morgan fingerprint density at radius 1 is 1.24 bits per heavy atom. The van der Waals surface area contributed by atoms with E-state index in [1.165, 1.54) is 11.3 Å². The minimum absolute atomic E-state index is 0.227. The van der Waals surface area contributed by atoms with Crippen LogP contribution in [0.4, 0.5) is 5.13 Å². The van der Waals surface area contributed by atoms with Gasteiger partial charge >= 0.3 is 0 Å². The zero-order valence-corrected chi connectivity index (χ0v) is 16.4. The maximum absolute atomic E-state index is 12.4. The molecule has 0 bridgehead atoms. The number of aromatic nitrogens is 2. The van der Waals surface area contributed by atoms with E-state index in [0.717, 1.165) is 15.8 Å².